The van der Waals surface area contributed by atoms with Crippen LogP contribution in [0.15, 0.2) is 0 Å². The number of halogens is 4. The number of nitrogens with zero attached hydrogens (tertiary/aromatic N) is 1. The van der Waals surface area contributed by atoms with Gasteiger partial charge in [0.25, 0.3) is 0 Å². The van der Waals surface area contributed by atoms with Crippen molar-refractivity contribution in [2.45, 2.75) is 0 Å². The standard InChI is InChI=1S/C9H5F4NO/c10-5-4(3-15)6(11)8(13)9(7(5)12)14-1-2-14/h3H,1-2H2. The van der Waals surface area contributed by atoms with Gasteiger partial charge in [0.2, 0.25) is 0 Å². The van der Waals surface area contributed by atoms with Crippen LogP contribution in [0.5, 0.6) is 0 Å². The maximum Gasteiger partial charge on any atom is 0.186 e. The molecule has 1 aliphatic heterocycles. The van der Waals surface area contributed by atoms with Crippen molar-refractivity contribution < 1.29 is 22.4 Å². The Balaban J connectivity index is 2.72. The van der Waals surface area contributed by atoms with Crippen molar-refractivity contribution in [3.8, 4) is 0 Å². The first kappa shape index (κ1) is 9.95. The van der Waals surface area contributed by atoms with Gasteiger partial charge in [-0.1, -0.05) is 0 Å². The van der Waals surface area contributed by atoms with Crippen molar-refractivity contribution in [2.24, 2.45) is 0 Å². The molecule has 1 aliphatic rings. The average molecular weight is 219 g/mol. The smallest absolute Gasteiger partial charge is 0.186 e. The zero-order chi connectivity index (χ0) is 11.2. The monoisotopic (exact) mass is 219 g/mol. The van der Waals surface area contributed by atoms with Crippen LogP contribution in [0.4, 0.5) is 23.2 Å². The van der Waals surface area contributed by atoms with Crippen molar-refractivity contribution in [1.82, 2.24) is 0 Å². The molecule has 1 aromatic rings. The molecule has 0 N–H and O–H groups in total. The summed E-state index contributed by atoms with van der Waals surface area (Å²) in [7, 11) is 0. The molecular weight excluding hydrogens is 214 g/mol. The molecule has 0 amide bonds. The van der Waals surface area contributed by atoms with Crippen molar-refractivity contribution >= 4 is 12.0 Å². The van der Waals surface area contributed by atoms with Crippen LogP contribution in [0.25, 0.3) is 0 Å². The van der Waals surface area contributed by atoms with Gasteiger partial charge in [0, 0.05) is 13.1 Å². The molecule has 0 atom stereocenters. The van der Waals surface area contributed by atoms with E-state index in [1.54, 1.807) is 0 Å². The minimum Gasteiger partial charge on any atom is -0.363 e. The number of benzene rings is 1. The van der Waals surface area contributed by atoms with E-state index in [0.29, 0.717) is 13.1 Å². The van der Waals surface area contributed by atoms with Gasteiger partial charge in [-0.15, -0.1) is 0 Å². The van der Waals surface area contributed by atoms with Gasteiger partial charge in [-0.2, -0.15) is 0 Å². The molecule has 2 nitrogen and oxygen atoms in total. The lowest BCUT2D eigenvalue weighted by Gasteiger charge is -2.09. The fraction of sp³-hybridized carbons (Fsp3) is 0.222. The Morgan fingerprint density at radius 1 is 0.933 bits per heavy atom. The third-order valence-electron chi connectivity index (χ3n) is 2.16. The van der Waals surface area contributed by atoms with E-state index < -0.39 is 34.5 Å². The van der Waals surface area contributed by atoms with E-state index >= 15 is 0 Å². The fourth-order valence-corrected chi connectivity index (χ4v) is 1.29. The van der Waals surface area contributed by atoms with Gasteiger partial charge in [0.05, 0.1) is 5.56 Å². The van der Waals surface area contributed by atoms with Crippen LogP contribution in [0.3, 0.4) is 0 Å². The minimum atomic E-state index is -1.65. The molecule has 1 fully saturated rings. The van der Waals surface area contributed by atoms with E-state index in [1.165, 1.54) is 0 Å². The van der Waals surface area contributed by atoms with Crippen molar-refractivity contribution in [3.05, 3.63) is 28.8 Å². The van der Waals surface area contributed by atoms with E-state index in [2.05, 4.69) is 0 Å². The Kier molecular flexibility index (Phi) is 2.13. The summed E-state index contributed by atoms with van der Waals surface area (Å²) in [6, 6.07) is 0. The fourth-order valence-electron chi connectivity index (χ4n) is 1.29. The van der Waals surface area contributed by atoms with Crippen LogP contribution in [0.1, 0.15) is 10.4 Å². The summed E-state index contributed by atoms with van der Waals surface area (Å²) in [6.07, 6.45) is -0.247. The summed E-state index contributed by atoms with van der Waals surface area (Å²) in [5.41, 5.74) is -1.95. The maximum atomic E-state index is 13.2. The predicted molar refractivity (Wildman–Crippen MR) is 43.9 cm³/mol. The largest absolute Gasteiger partial charge is 0.363 e. The number of rotatable bonds is 2. The highest BCUT2D eigenvalue weighted by molar-refractivity contribution is 5.77. The lowest BCUT2D eigenvalue weighted by Crippen LogP contribution is -2.08. The number of carbonyl (C=O) groups excluding carboxylic acids is 1. The Morgan fingerprint density at radius 3 is 1.73 bits per heavy atom. The lowest BCUT2D eigenvalue weighted by atomic mass is 10.1. The van der Waals surface area contributed by atoms with E-state index in [9.17, 15) is 22.4 Å². The predicted octanol–water partition coefficient (Wildman–Crippen LogP) is 1.88. The van der Waals surface area contributed by atoms with E-state index in [4.69, 9.17) is 0 Å². The van der Waals surface area contributed by atoms with Crippen molar-refractivity contribution in [2.75, 3.05) is 18.0 Å². The number of hydrogen-bond donors (Lipinski definition) is 0. The van der Waals surface area contributed by atoms with Crippen LogP contribution in [0.2, 0.25) is 0 Å². The number of aldehydes is 1. The Labute approximate surface area is 82.1 Å². The summed E-state index contributed by atoms with van der Waals surface area (Å²) in [5.74, 6) is -6.33. The summed E-state index contributed by atoms with van der Waals surface area (Å²) in [4.78, 5) is 11.4. The molecule has 15 heavy (non-hydrogen) atoms. The SMILES string of the molecule is O=Cc1c(F)c(F)c(N2CC2)c(F)c1F. The Hall–Kier alpha value is -1.59. The molecule has 0 unspecified atom stereocenters. The number of carbonyl (C=O) groups is 1. The molecule has 0 radical (unpaired) electrons. The van der Waals surface area contributed by atoms with Crippen LogP contribution in [-0.4, -0.2) is 19.4 Å². The molecule has 1 heterocycles. The van der Waals surface area contributed by atoms with E-state index in [-0.39, 0.29) is 6.29 Å². The van der Waals surface area contributed by atoms with Gasteiger partial charge < -0.3 is 4.90 Å². The van der Waals surface area contributed by atoms with Gasteiger partial charge in [-0.05, 0) is 0 Å². The Bertz CT molecular complexity index is 413. The molecule has 0 aliphatic carbocycles. The third kappa shape index (κ3) is 1.36. The van der Waals surface area contributed by atoms with Crippen LogP contribution < -0.4 is 4.90 Å². The molecule has 80 valence electrons. The molecule has 0 bridgehead atoms. The molecule has 6 heteroatoms. The second kappa shape index (κ2) is 3.22. The highest BCUT2D eigenvalue weighted by atomic mass is 19.2. The molecule has 0 spiro atoms. The van der Waals surface area contributed by atoms with Gasteiger partial charge in [0.1, 0.15) is 5.69 Å². The summed E-state index contributed by atoms with van der Waals surface area (Å²) in [6.45, 7) is 0.681. The molecule has 1 saturated heterocycles. The second-order valence-electron chi connectivity index (χ2n) is 3.12. The van der Waals surface area contributed by atoms with Gasteiger partial charge in [-0.3, -0.25) is 4.79 Å². The summed E-state index contributed by atoms with van der Waals surface area (Å²) < 4.78 is 52.5. The maximum absolute atomic E-state index is 13.2. The zero-order valence-corrected chi connectivity index (χ0v) is 7.36. The highest BCUT2D eigenvalue weighted by Gasteiger charge is 2.32. The minimum absolute atomic E-state index is 0.247. The van der Waals surface area contributed by atoms with Crippen molar-refractivity contribution in [3.63, 3.8) is 0 Å². The average Bonchev–Trinajstić information content (AvgIpc) is 3.00. The highest BCUT2D eigenvalue weighted by Crippen LogP contribution is 2.33. The van der Waals surface area contributed by atoms with E-state index in [1.807, 2.05) is 0 Å². The number of hydrogen-bond acceptors (Lipinski definition) is 2. The first-order valence-corrected chi connectivity index (χ1v) is 4.14. The normalized spacial score (nSPS) is 14.3. The van der Waals surface area contributed by atoms with Crippen LogP contribution in [-0.2, 0) is 0 Å². The van der Waals surface area contributed by atoms with E-state index in [0.717, 1.165) is 4.90 Å². The first-order chi connectivity index (χ1) is 7.07. The second-order valence-corrected chi connectivity index (χ2v) is 3.12. The third-order valence-corrected chi connectivity index (χ3v) is 2.16. The Morgan fingerprint density at radius 2 is 1.40 bits per heavy atom. The quantitative estimate of drug-likeness (QED) is 0.327. The van der Waals surface area contributed by atoms with Crippen molar-refractivity contribution in [1.29, 1.82) is 0 Å². The molecule has 1 aromatic carbocycles. The molecule has 0 saturated carbocycles. The topological polar surface area (TPSA) is 20.1 Å². The molecular formula is C9H5F4NO. The zero-order valence-electron chi connectivity index (χ0n) is 7.36. The van der Waals surface area contributed by atoms with Crippen LogP contribution in [0, 0.1) is 23.3 Å². The van der Waals surface area contributed by atoms with Gasteiger partial charge >= 0.3 is 0 Å². The van der Waals surface area contributed by atoms with Gasteiger partial charge in [0.15, 0.2) is 29.6 Å². The molecule has 2 rings (SSSR count). The molecule has 0 aromatic heterocycles. The first-order valence-electron chi connectivity index (χ1n) is 4.14. The van der Waals surface area contributed by atoms with Crippen LogP contribution >= 0.6 is 0 Å². The summed E-state index contributed by atoms with van der Waals surface area (Å²) >= 11 is 0. The number of anilines is 1. The lowest BCUT2D eigenvalue weighted by molar-refractivity contribution is 0.111. The van der Waals surface area contributed by atoms with Gasteiger partial charge in [-0.25, -0.2) is 17.6 Å². The summed E-state index contributed by atoms with van der Waals surface area (Å²) in [5, 5.41) is 0.